The molecule has 31 heavy (non-hydrogen) atoms. The van der Waals surface area contributed by atoms with Gasteiger partial charge in [0.2, 0.25) is 0 Å². The number of nitrogens with zero attached hydrogens (tertiary/aromatic N) is 4. The number of nitro groups is 1. The Balaban J connectivity index is 1.77. The molecule has 8 nitrogen and oxygen atoms in total. The fraction of sp³-hybridized carbons (Fsp3) is 0.273. The molecule has 0 radical (unpaired) electrons. The number of hydrogen-bond acceptors (Lipinski definition) is 5. The summed E-state index contributed by atoms with van der Waals surface area (Å²) in [5.74, 6) is 0. The molecule has 0 amide bonds. The number of hydrogen-bond donors (Lipinski definition) is 1. The highest BCUT2D eigenvalue weighted by molar-refractivity contribution is 7.80. The molecule has 3 aromatic rings. The predicted molar refractivity (Wildman–Crippen MR) is 121 cm³/mol. The van der Waals surface area contributed by atoms with Gasteiger partial charge in [-0.3, -0.25) is 15.1 Å². The van der Waals surface area contributed by atoms with Crippen molar-refractivity contribution in [1.29, 1.82) is 0 Å². The van der Waals surface area contributed by atoms with Gasteiger partial charge < -0.3 is 19.5 Å². The summed E-state index contributed by atoms with van der Waals surface area (Å²) in [5, 5.41) is 15.4. The minimum atomic E-state index is -0.382. The summed E-state index contributed by atoms with van der Waals surface area (Å²) >= 11 is 5.68. The molecule has 0 aliphatic carbocycles. The van der Waals surface area contributed by atoms with Crippen molar-refractivity contribution in [3.05, 3.63) is 88.5 Å². The molecule has 2 atom stereocenters. The maximum Gasteiger partial charge on any atom is 0.271 e. The average molecular weight is 438 g/mol. The third kappa shape index (κ3) is 4.28. The molecule has 1 aliphatic rings. The van der Waals surface area contributed by atoms with Gasteiger partial charge in [0.25, 0.3) is 5.69 Å². The second kappa shape index (κ2) is 9.23. The second-order valence-corrected chi connectivity index (χ2v) is 7.63. The molecule has 0 bridgehead atoms. The van der Waals surface area contributed by atoms with Crippen LogP contribution in [0.2, 0.25) is 0 Å². The van der Waals surface area contributed by atoms with Crippen LogP contribution < -0.4 is 5.32 Å². The van der Waals surface area contributed by atoms with Gasteiger partial charge in [-0.25, -0.2) is 0 Å². The van der Waals surface area contributed by atoms with E-state index in [1.807, 2.05) is 47.2 Å². The maximum absolute atomic E-state index is 11.3. The van der Waals surface area contributed by atoms with Crippen LogP contribution in [0.1, 0.15) is 29.9 Å². The van der Waals surface area contributed by atoms with Crippen molar-refractivity contribution in [2.24, 2.45) is 0 Å². The van der Waals surface area contributed by atoms with E-state index in [1.54, 1.807) is 25.4 Å². The van der Waals surface area contributed by atoms with Gasteiger partial charge in [-0.1, -0.05) is 12.1 Å². The smallest absolute Gasteiger partial charge is 0.271 e. The first-order chi connectivity index (χ1) is 15.1. The van der Waals surface area contributed by atoms with Crippen molar-refractivity contribution in [2.75, 3.05) is 20.3 Å². The molecule has 1 aliphatic heterocycles. The first-order valence-electron chi connectivity index (χ1n) is 9.99. The van der Waals surface area contributed by atoms with Crippen molar-refractivity contribution in [3.8, 4) is 5.69 Å². The zero-order valence-electron chi connectivity index (χ0n) is 17.0. The minimum absolute atomic E-state index is 0.0513. The van der Waals surface area contributed by atoms with Crippen LogP contribution in [0.5, 0.6) is 0 Å². The normalized spacial score (nSPS) is 18.2. The molecule has 160 valence electrons. The lowest BCUT2D eigenvalue weighted by molar-refractivity contribution is -0.384. The molecule has 3 heterocycles. The number of nitro benzene ring substituents is 1. The van der Waals surface area contributed by atoms with Gasteiger partial charge in [0.05, 0.1) is 28.4 Å². The van der Waals surface area contributed by atoms with E-state index in [-0.39, 0.29) is 22.7 Å². The van der Waals surface area contributed by atoms with Crippen LogP contribution in [0.15, 0.2) is 67.0 Å². The standard InChI is InChI=1S/C22H23N5O3S/c1-30-14-6-13-26-21(20(24-22(26)31)18-9-2-3-11-23-18)19-10-5-12-25(19)16-7-4-8-17(15-16)27(28)29/h2-5,7-12,15,20-21H,6,13-14H2,1H3,(H,24,31)/t20-,21+/m0/s1. The van der Waals surface area contributed by atoms with Crippen molar-refractivity contribution in [2.45, 2.75) is 18.5 Å². The number of benzene rings is 1. The largest absolute Gasteiger partial charge is 0.385 e. The van der Waals surface area contributed by atoms with Gasteiger partial charge in [0, 0.05) is 50.5 Å². The fourth-order valence-electron chi connectivity index (χ4n) is 3.97. The monoisotopic (exact) mass is 437 g/mol. The number of rotatable bonds is 8. The maximum atomic E-state index is 11.3. The lowest BCUT2D eigenvalue weighted by atomic mass is 10.0. The second-order valence-electron chi connectivity index (χ2n) is 7.25. The molecule has 0 saturated carbocycles. The Morgan fingerprint density at radius 2 is 2.10 bits per heavy atom. The van der Waals surface area contributed by atoms with Gasteiger partial charge in [-0.05, 0) is 49.0 Å². The van der Waals surface area contributed by atoms with Crippen LogP contribution in [-0.2, 0) is 4.74 Å². The fourth-order valence-corrected chi connectivity index (χ4v) is 4.31. The topological polar surface area (TPSA) is 85.5 Å². The van der Waals surface area contributed by atoms with Crippen LogP contribution >= 0.6 is 12.2 Å². The van der Waals surface area contributed by atoms with Crippen LogP contribution in [-0.4, -0.2) is 44.7 Å². The Bertz CT molecular complexity index is 1070. The number of nitrogens with one attached hydrogen (secondary N) is 1. The number of ether oxygens (including phenoxy) is 1. The third-order valence-corrected chi connectivity index (χ3v) is 5.70. The summed E-state index contributed by atoms with van der Waals surface area (Å²) in [4.78, 5) is 17.6. The Morgan fingerprint density at radius 1 is 1.23 bits per heavy atom. The van der Waals surface area contributed by atoms with Crippen molar-refractivity contribution < 1.29 is 9.66 Å². The van der Waals surface area contributed by atoms with Crippen molar-refractivity contribution >= 4 is 23.0 Å². The first kappa shape index (κ1) is 21.0. The van der Waals surface area contributed by atoms with E-state index in [9.17, 15) is 10.1 Å². The highest BCUT2D eigenvalue weighted by Gasteiger charge is 2.41. The molecule has 1 fully saturated rings. The molecular weight excluding hydrogens is 414 g/mol. The number of pyridine rings is 1. The number of non-ortho nitro benzene ring substituents is 1. The first-order valence-corrected chi connectivity index (χ1v) is 10.4. The number of aromatic nitrogens is 2. The number of methoxy groups -OCH3 is 1. The van der Waals surface area contributed by atoms with E-state index in [2.05, 4.69) is 15.2 Å². The zero-order chi connectivity index (χ0) is 21.8. The Labute approximate surface area is 185 Å². The summed E-state index contributed by atoms with van der Waals surface area (Å²) in [6, 6.07) is 16.1. The van der Waals surface area contributed by atoms with E-state index >= 15 is 0 Å². The summed E-state index contributed by atoms with van der Waals surface area (Å²) in [5.41, 5.74) is 2.64. The highest BCUT2D eigenvalue weighted by Crippen LogP contribution is 2.39. The van der Waals surface area contributed by atoms with Crippen LogP contribution in [0.4, 0.5) is 5.69 Å². The molecule has 1 aromatic carbocycles. The summed E-state index contributed by atoms with van der Waals surface area (Å²) in [7, 11) is 1.68. The lowest BCUT2D eigenvalue weighted by Crippen LogP contribution is -2.32. The Morgan fingerprint density at radius 3 is 2.84 bits per heavy atom. The summed E-state index contributed by atoms with van der Waals surface area (Å²) in [6.45, 7) is 1.35. The van der Waals surface area contributed by atoms with E-state index < -0.39 is 0 Å². The molecule has 0 spiro atoms. The van der Waals surface area contributed by atoms with Crippen molar-refractivity contribution in [1.82, 2.24) is 19.8 Å². The van der Waals surface area contributed by atoms with Gasteiger partial charge in [-0.2, -0.15) is 0 Å². The van der Waals surface area contributed by atoms with Gasteiger partial charge in [0.1, 0.15) is 0 Å². The molecular formula is C22H23N5O3S. The van der Waals surface area contributed by atoms with E-state index in [0.717, 1.165) is 23.5 Å². The van der Waals surface area contributed by atoms with Crippen LogP contribution in [0, 0.1) is 10.1 Å². The molecule has 0 unspecified atom stereocenters. The summed E-state index contributed by atoms with van der Waals surface area (Å²) < 4.78 is 7.21. The zero-order valence-corrected chi connectivity index (χ0v) is 17.9. The van der Waals surface area contributed by atoms with Gasteiger partial charge in [0.15, 0.2) is 5.11 Å². The SMILES string of the molecule is COCCCN1C(=S)N[C@@H](c2ccccn2)[C@H]1c1cccn1-c1cccc([N+](=O)[O-])c1. The highest BCUT2D eigenvalue weighted by atomic mass is 32.1. The predicted octanol–water partition coefficient (Wildman–Crippen LogP) is 3.79. The molecule has 9 heteroatoms. The van der Waals surface area contributed by atoms with Crippen molar-refractivity contribution in [3.63, 3.8) is 0 Å². The third-order valence-electron chi connectivity index (χ3n) is 5.35. The molecule has 4 rings (SSSR count). The van der Waals surface area contributed by atoms with Crippen LogP contribution in [0.25, 0.3) is 5.69 Å². The molecule has 1 saturated heterocycles. The quantitative estimate of drug-likeness (QED) is 0.248. The van der Waals surface area contributed by atoms with E-state index in [4.69, 9.17) is 17.0 Å². The minimum Gasteiger partial charge on any atom is -0.385 e. The Hall–Kier alpha value is -3.30. The lowest BCUT2D eigenvalue weighted by Gasteiger charge is -2.29. The van der Waals surface area contributed by atoms with E-state index in [1.165, 1.54) is 6.07 Å². The summed E-state index contributed by atoms with van der Waals surface area (Å²) in [6.07, 6.45) is 4.50. The number of thiocarbonyl (C=S) groups is 1. The Kier molecular flexibility index (Phi) is 6.24. The van der Waals surface area contributed by atoms with Gasteiger partial charge >= 0.3 is 0 Å². The molecule has 1 N–H and O–H groups in total. The van der Waals surface area contributed by atoms with Crippen LogP contribution in [0.3, 0.4) is 0 Å². The van der Waals surface area contributed by atoms with E-state index in [0.29, 0.717) is 18.3 Å². The average Bonchev–Trinajstić information content (AvgIpc) is 3.39. The molecule has 2 aromatic heterocycles. The van der Waals surface area contributed by atoms with Gasteiger partial charge in [-0.15, -0.1) is 0 Å².